The fourth-order valence-electron chi connectivity index (χ4n) is 7.85. The van der Waals surface area contributed by atoms with E-state index in [4.69, 9.17) is 26.2 Å². The van der Waals surface area contributed by atoms with E-state index in [-0.39, 0.29) is 30.3 Å². The number of amides is 3. The second-order valence-corrected chi connectivity index (χ2v) is 17.6. The molecule has 1 fully saturated rings. The first-order valence-corrected chi connectivity index (χ1v) is 23.1. The first-order valence-electron chi connectivity index (χ1n) is 21.0. The number of Topliss-reactive ketones (excluding diaryl/α,β-unsaturated/α-hetero) is 1. The quantitative estimate of drug-likeness (QED) is 0.0419. The summed E-state index contributed by atoms with van der Waals surface area (Å²) >= 11 is 2.83. The van der Waals surface area contributed by atoms with Gasteiger partial charge in [0.2, 0.25) is 17.8 Å². The van der Waals surface area contributed by atoms with Crippen LogP contribution in [0.1, 0.15) is 83.4 Å². The number of benzene rings is 2. The van der Waals surface area contributed by atoms with Crippen molar-refractivity contribution in [2.24, 2.45) is 11.5 Å². The van der Waals surface area contributed by atoms with Crippen LogP contribution in [0.5, 0.6) is 5.75 Å². The van der Waals surface area contributed by atoms with Gasteiger partial charge in [-0.15, -0.1) is 23.1 Å². The van der Waals surface area contributed by atoms with Crippen molar-refractivity contribution in [3.8, 4) is 5.75 Å². The maximum Gasteiger partial charge on any atom is 0.276 e. The molecule has 1 saturated heterocycles. The number of primary amides is 2. The molecule has 0 spiro atoms. The standard InChI is InChI=1S/C44H54N12O5S2/c1-7-30-40(63-27(4)47-30)34(57)25-37-48-32-22-29(42(46)59)24-36(62-6)39(32)54(37)13-9-10-14-55-38-31(49-44(55)50-43(60)33-20-26(3)51-56(33)8-2)21-28(41(45)58)23-35(38)61-19-11-12-53-17-15-52(5)16-18-53/h9-10,20-24H,7-8,11-19,25H2,1-6H3,(H2,45,58)(H2,46,59)(H,49,50,60)/b10-9+. The van der Waals surface area contributed by atoms with E-state index >= 15 is 0 Å². The number of anilines is 1. The number of piperazine rings is 1. The van der Waals surface area contributed by atoms with Gasteiger partial charge in [0.05, 0.1) is 50.9 Å². The van der Waals surface area contributed by atoms with Crippen LogP contribution in [0.4, 0.5) is 5.95 Å². The summed E-state index contributed by atoms with van der Waals surface area (Å²) < 4.78 is 11.9. The third kappa shape index (κ3) is 10.0. The smallest absolute Gasteiger partial charge is 0.276 e. The number of imidazole rings is 2. The van der Waals surface area contributed by atoms with Crippen molar-refractivity contribution >= 4 is 74.6 Å². The fraction of sp³-hybridized carbons (Fsp3) is 0.409. The summed E-state index contributed by atoms with van der Waals surface area (Å²) in [4.78, 5) is 73.0. The number of ether oxygens (including phenoxy) is 1. The second-order valence-electron chi connectivity index (χ2n) is 15.5. The molecule has 1 aliphatic heterocycles. The molecule has 0 saturated carbocycles. The Morgan fingerprint density at radius 2 is 1.57 bits per heavy atom. The van der Waals surface area contributed by atoms with Crippen molar-refractivity contribution in [1.29, 1.82) is 0 Å². The van der Waals surface area contributed by atoms with E-state index in [1.165, 1.54) is 23.1 Å². The van der Waals surface area contributed by atoms with Crippen molar-refractivity contribution < 1.29 is 23.9 Å². The van der Waals surface area contributed by atoms with E-state index in [0.717, 1.165) is 60.3 Å². The lowest BCUT2D eigenvalue weighted by Gasteiger charge is -2.32. The lowest BCUT2D eigenvalue weighted by atomic mass is 10.1. The average Bonchev–Trinajstić information content (AvgIpc) is 4.03. The third-order valence-electron chi connectivity index (χ3n) is 11.1. The first-order chi connectivity index (χ1) is 30.3. The zero-order chi connectivity index (χ0) is 44.9. The summed E-state index contributed by atoms with van der Waals surface area (Å²) in [6.07, 6.45) is 7.21. The number of nitrogens with two attached hydrogens (primary N) is 2. The highest BCUT2D eigenvalue weighted by molar-refractivity contribution is 7.98. The Morgan fingerprint density at radius 1 is 0.889 bits per heavy atom. The molecule has 0 unspecified atom stereocenters. The summed E-state index contributed by atoms with van der Waals surface area (Å²) in [5.41, 5.74) is 16.2. The van der Waals surface area contributed by atoms with Crippen molar-refractivity contribution in [3.63, 3.8) is 0 Å². The lowest BCUT2D eigenvalue weighted by molar-refractivity contribution is 0.0986. The van der Waals surface area contributed by atoms with Crippen molar-refractivity contribution in [2.75, 3.05) is 58.0 Å². The number of hydrogen-bond donors (Lipinski definition) is 3. The number of likely N-dealkylation sites (N-methyl/N-ethyl adjacent to an activating group) is 1. The maximum absolute atomic E-state index is 13.9. The van der Waals surface area contributed by atoms with Gasteiger partial charge < -0.3 is 35.1 Å². The van der Waals surface area contributed by atoms with Crippen LogP contribution in [0.2, 0.25) is 0 Å². The van der Waals surface area contributed by atoms with E-state index in [0.29, 0.717) is 76.1 Å². The molecule has 0 radical (unpaired) electrons. The van der Waals surface area contributed by atoms with Gasteiger partial charge in [-0.25, -0.2) is 15.0 Å². The van der Waals surface area contributed by atoms with Crippen molar-refractivity contribution in [3.05, 3.63) is 86.4 Å². The molecule has 4 aromatic heterocycles. The molecular formula is C44H54N12O5S2. The van der Waals surface area contributed by atoms with Gasteiger partial charge >= 0.3 is 0 Å². The largest absolute Gasteiger partial charge is 0.491 e. The number of rotatable bonds is 19. The monoisotopic (exact) mass is 894 g/mol. The number of thiazole rings is 1. The number of aryl methyl sites for hydroxylation is 4. The van der Waals surface area contributed by atoms with Gasteiger partial charge in [0, 0.05) is 68.4 Å². The minimum Gasteiger partial charge on any atom is -0.491 e. The molecule has 3 amide bonds. The minimum atomic E-state index is -0.632. The number of hydrogen-bond acceptors (Lipinski definition) is 13. The van der Waals surface area contributed by atoms with E-state index in [1.54, 1.807) is 35.0 Å². The zero-order valence-corrected chi connectivity index (χ0v) is 38.2. The van der Waals surface area contributed by atoms with Crippen LogP contribution in [0.25, 0.3) is 22.1 Å². The van der Waals surface area contributed by atoms with E-state index in [9.17, 15) is 19.2 Å². The van der Waals surface area contributed by atoms with Crippen molar-refractivity contribution in [1.82, 2.24) is 43.7 Å². The van der Waals surface area contributed by atoms with Crippen LogP contribution in [0, 0.1) is 13.8 Å². The molecule has 0 atom stereocenters. The van der Waals surface area contributed by atoms with Gasteiger partial charge in [0.15, 0.2) is 5.78 Å². The Hall–Kier alpha value is -5.89. The molecular weight excluding hydrogens is 841 g/mol. The van der Waals surface area contributed by atoms with Gasteiger partial charge in [-0.2, -0.15) is 5.10 Å². The number of nitrogens with one attached hydrogen (secondary N) is 1. The van der Waals surface area contributed by atoms with Crippen LogP contribution in [0.15, 0.2) is 47.4 Å². The average molecular weight is 895 g/mol. The number of carbonyl (C=O) groups excluding carboxylic acids is 4. The molecule has 0 bridgehead atoms. The van der Waals surface area contributed by atoms with Crippen LogP contribution in [-0.4, -0.2) is 120 Å². The van der Waals surface area contributed by atoms with Gasteiger partial charge in [-0.1, -0.05) is 19.1 Å². The predicted octanol–water partition coefficient (Wildman–Crippen LogP) is 5.11. The Morgan fingerprint density at radius 3 is 2.24 bits per heavy atom. The molecule has 19 heteroatoms. The van der Waals surface area contributed by atoms with E-state index < -0.39 is 17.7 Å². The van der Waals surface area contributed by atoms with Crippen LogP contribution in [-0.2, 0) is 32.5 Å². The van der Waals surface area contributed by atoms with E-state index in [1.807, 2.05) is 55.2 Å². The number of aromatic nitrogens is 7. The number of ketones is 1. The minimum absolute atomic E-state index is 0.0186. The second kappa shape index (κ2) is 19.7. The third-order valence-corrected chi connectivity index (χ3v) is 12.9. The topological polar surface area (TPSA) is 214 Å². The zero-order valence-electron chi connectivity index (χ0n) is 36.6. The summed E-state index contributed by atoms with van der Waals surface area (Å²) in [6, 6.07) is 8.35. The van der Waals surface area contributed by atoms with Crippen LogP contribution >= 0.6 is 23.1 Å². The summed E-state index contributed by atoms with van der Waals surface area (Å²) in [7, 11) is 2.13. The van der Waals surface area contributed by atoms with Gasteiger partial charge in [0.1, 0.15) is 22.8 Å². The molecule has 5 N–H and O–H groups in total. The van der Waals surface area contributed by atoms with Crippen molar-refractivity contribution in [2.45, 2.75) is 71.5 Å². The summed E-state index contributed by atoms with van der Waals surface area (Å²) in [6.45, 7) is 13.9. The molecule has 17 nitrogen and oxygen atoms in total. The van der Waals surface area contributed by atoms with Gasteiger partial charge in [-0.3, -0.25) is 29.2 Å². The first kappa shape index (κ1) is 45.1. The van der Waals surface area contributed by atoms with Gasteiger partial charge in [-0.05, 0) is 77.2 Å². The Bertz CT molecular complexity index is 2720. The van der Waals surface area contributed by atoms with Crippen LogP contribution < -0.4 is 21.5 Å². The normalized spacial score (nSPS) is 13.7. The molecule has 5 heterocycles. The van der Waals surface area contributed by atoms with Gasteiger partial charge in [0.25, 0.3) is 5.91 Å². The molecule has 63 heavy (non-hydrogen) atoms. The molecule has 1 aliphatic rings. The Labute approximate surface area is 373 Å². The highest BCUT2D eigenvalue weighted by atomic mass is 32.2. The number of allylic oxidation sites excluding steroid dienone is 2. The Kier molecular flexibility index (Phi) is 14.1. The highest BCUT2D eigenvalue weighted by Crippen LogP contribution is 2.33. The summed E-state index contributed by atoms with van der Waals surface area (Å²) in [5, 5.41) is 8.27. The SMILES string of the molecule is CCc1nc(C)sc1C(=O)Cc1nc2cc(C(N)=O)cc(SC)c2n1C/C=C/Cn1c(NC(=O)c2cc(C)nn2CC)nc2cc(C(N)=O)cc(OCCCN3CCN(C)CC3)c21. The number of thioether (sulfide) groups is 1. The molecule has 7 rings (SSSR count). The molecule has 0 aliphatic carbocycles. The van der Waals surface area contributed by atoms with Crippen LogP contribution in [0.3, 0.4) is 0 Å². The number of nitrogens with zero attached hydrogens (tertiary/aromatic N) is 9. The maximum atomic E-state index is 13.9. The summed E-state index contributed by atoms with van der Waals surface area (Å²) in [5.74, 6) is -0.513. The fourth-order valence-corrected chi connectivity index (χ4v) is 9.45. The molecule has 332 valence electrons. The highest BCUT2D eigenvalue weighted by Gasteiger charge is 2.24. The van der Waals surface area contributed by atoms with E-state index in [2.05, 4.69) is 32.2 Å². The molecule has 2 aromatic carbocycles. The number of fused-ring (bicyclic) bond motifs is 2. The number of carbonyl (C=O) groups is 4. The lowest BCUT2D eigenvalue weighted by Crippen LogP contribution is -2.44. The molecule has 6 aromatic rings. The Balaban J connectivity index is 1.24. The predicted molar refractivity (Wildman–Crippen MR) is 246 cm³/mol.